The van der Waals surface area contributed by atoms with Crippen molar-refractivity contribution in [3.63, 3.8) is 0 Å². The first kappa shape index (κ1) is 12.2. The van der Waals surface area contributed by atoms with Gasteiger partial charge in [0.15, 0.2) is 0 Å². The molecule has 1 heterocycles. The highest BCUT2D eigenvalue weighted by atomic mass is 16.6. The Hall–Kier alpha value is -1.84. The van der Waals surface area contributed by atoms with E-state index < -0.39 is 6.09 Å². The number of nitrogens with zero attached hydrogens (tertiary/aromatic N) is 1. The van der Waals surface area contributed by atoms with Gasteiger partial charge in [-0.2, -0.15) is 0 Å². The lowest BCUT2D eigenvalue weighted by atomic mass is 10.1. The third kappa shape index (κ3) is 2.01. The van der Waals surface area contributed by atoms with E-state index in [0.717, 1.165) is 12.0 Å². The molecule has 4 nitrogen and oxygen atoms in total. The van der Waals surface area contributed by atoms with Gasteiger partial charge in [-0.25, -0.2) is 9.69 Å². The fraction of sp³-hybridized carbons (Fsp3) is 0.467. The Morgan fingerprint density at radius 1 is 1.32 bits per heavy atom. The Bertz CT molecular complexity index is 523. The number of imide groups is 1. The lowest BCUT2D eigenvalue weighted by molar-refractivity contribution is -0.131. The third-order valence-electron chi connectivity index (χ3n) is 4.11. The minimum absolute atomic E-state index is 0.0151. The van der Waals surface area contributed by atoms with E-state index in [0.29, 0.717) is 0 Å². The van der Waals surface area contributed by atoms with Crippen molar-refractivity contribution in [1.82, 2.24) is 4.90 Å². The van der Waals surface area contributed by atoms with Gasteiger partial charge in [0, 0.05) is 5.92 Å². The summed E-state index contributed by atoms with van der Waals surface area (Å²) in [7, 11) is 0. The molecule has 1 aromatic rings. The third-order valence-corrected chi connectivity index (χ3v) is 4.11. The van der Waals surface area contributed by atoms with Crippen LogP contribution in [0.15, 0.2) is 30.3 Å². The molecule has 1 saturated carbocycles. The van der Waals surface area contributed by atoms with E-state index in [1.807, 2.05) is 30.3 Å². The van der Waals surface area contributed by atoms with E-state index in [9.17, 15) is 9.59 Å². The largest absolute Gasteiger partial charge is 0.446 e. The van der Waals surface area contributed by atoms with E-state index in [1.54, 1.807) is 0 Å². The summed E-state index contributed by atoms with van der Waals surface area (Å²) in [4.78, 5) is 25.6. The monoisotopic (exact) mass is 259 g/mol. The van der Waals surface area contributed by atoms with Crippen LogP contribution in [0.25, 0.3) is 0 Å². The van der Waals surface area contributed by atoms with Crippen LogP contribution in [0.2, 0.25) is 0 Å². The number of cyclic esters (lactones) is 1. The highest BCUT2D eigenvalue weighted by Crippen LogP contribution is 2.53. The number of carbonyl (C=O) groups excluding carboxylic acids is 2. The van der Waals surface area contributed by atoms with Gasteiger partial charge in [-0.05, 0) is 17.4 Å². The molecule has 0 radical (unpaired) electrons. The summed E-state index contributed by atoms with van der Waals surface area (Å²) in [5.74, 6) is -0.147. The van der Waals surface area contributed by atoms with E-state index in [-0.39, 0.29) is 29.9 Å². The Kier molecular flexibility index (Phi) is 2.62. The Morgan fingerprint density at radius 2 is 1.95 bits per heavy atom. The predicted molar refractivity (Wildman–Crippen MR) is 69.3 cm³/mol. The van der Waals surface area contributed by atoms with Gasteiger partial charge in [-0.15, -0.1) is 0 Å². The molecule has 1 saturated heterocycles. The SMILES string of the molecule is CC1(C)C[C@@H]1C(=O)N1C(=O)OC[C@@H]1c1ccccc1. The number of hydrogen-bond acceptors (Lipinski definition) is 3. The van der Waals surface area contributed by atoms with Gasteiger partial charge in [-0.3, -0.25) is 4.79 Å². The number of benzene rings is 1. The smallest absolute Gasteiger partial charge is 0.417 e. The molecular weight excluding hydrogens is 242 g/mol. The van der Waals surface area contributed by atoms with E-state index in [2.05, 4.69) is 13.8 Å². The van der Waals surface area contributed by atoms with Gasteiger partial charge in [0.1, 0.15) is 12.6 Å². The zero-order valence-electron chi connectivity index (χ0n) is 11.1. The normalized spacial score (nSPS) is 28.1. The molecule has 1 aliphatic carbocycles. The molecule has 1 aromatic carbocycles. The number of amides is 2. The first-order valence-corrected chi connectivity index (χ1v) is 6.55. The average molecular weight is 259 g/mol. The molecule has 2 amide bonds. The first-order chi connectivity index (χ1) is 9.00. The quantitative estimate of drug-likeness (QED) is 0.820. The molecule has 0 bridgehead atoms. The van der Waals surface area contributed by atoms with E-state index in [4.69, 9.17) is 4.74 Å². The molecule has 4 heteroatoms. The summed E-state index contributed by atoms with van der Waals surface area (Å²) in [6.07, 6.45) is 0.332. The summed E-state index contributed by atoms with van der Waals surface area (Å²) < 4.78 is 5.07. The summed E-state index contributed by atoms with van der Waals surface area (Å²) in [6.45, 7) is 4.35. The van der Waals surface area contributed by atoms with Crippen molar-refractivity contribution in [2.24, 2.45) is 11.3 Å². The van der Waals surface area contributed by atoms with Crippen molar-refractivity contribution in [3.8, 4) is 0 Å². The summed E-state index contributed by atoms with van der Waals surface area (Å²) in [5, 5.41) is 0. The predicted octanol–water partition coefficient (Wildman–Crippen LogP) is 2.75. The van der Waals surface area contributed by atoms with Gasteiger partial charge < -0.3 is 4.74 Å². The van der Waals surface area contributed by atoms with Gasteiger partial charge in [0.2, 0.25) is 5.91 Å². The summed E-state index contributed by atoms with van der Waals surface area (Å²) >= 11 is 0. The number of rotatable bonds is 2. The van der Waals surface area contributed by atoms with Crippen molar-refractivity contribution in [2.75, 3.05) is 6.61 Å². The molecule has 19 heavy (non-hydrogen) atoms. The van der Waals surface area contributed by atoms with Crippen molar-refractivity contribution in [1.29, 1.82) is 0 Å². The highest BCUT2D eigenvalue weighted by Gasteiger charge is 2.55. The van der Waals surface area contributed by atoms with Gasteiger partial charge in [-0.1, -0.05) is 44.2 Å². The maximum Gasteiger partial charge on any atom is 0.417 e. The topological polar surface area (TPSA) is 46.6 Å². The lowest BCUT2D eigenvalue weighted by Crippen LogP contribution is -2.36. The van der Waals surface area contributed by atoms with Crippen LogP contribution in [0, 0.1) is 11.3 Å². The van der Waals surface area contributed by atoms with E-state index >= 15 is 0 Å². The Morgan fingerprint density at radius 3 is 2.53 bits per heavy atom. The molecular formula is C15H17NO3. The maximum atomic E-state index is 12.4. The molecule has 2 aliphatic rings. The number of ether oxygens (including phenoxy) is 1. The summed E-state index contributed by atoms with van der Waals surface area (Å²) in [5.41, 5.74) is 0.960. The number of hydrogen-bond donors (Lipinski definition) is 0. The van der Waals surface area contributed by atoms with Gasteiger partial charge in [0.25, 0.3) is 0 Å². The minimum atomic E-state index is -0.512. The van der Waals surface area contributed by atoms with Crippen LogP contribution in [0.1, 0.15) is 31.9 Å². The fourth-order valence-corrected chi connectivity index (χ4v) is 2.64. The van der Waals surface area contributed by atoms with E-state index in [1.165, 1.54) is 4.90 Å². The van der Waals surface area contributed by atoms with Crippen molar-refractivity contribution in [2.45, 2.75) is 26.3 Å². The van der Waals surface area contributed by atoms with Gasteiger partial charge in [0.05, 0.1) is 0 Å². The van der Waals surface area contributed by atoms with Crippen LogP contribution in [-0.2, 0) is 9.53 Å². The van der Waals surface area contributed by atoms with Crippen LogP contribution >= 0.6 is 0 Å². The highest BCUT2D eigenvalue weighted by molar-refractivity contribution is 5.96. The molecule has 0 aromatic heterocycles. The lowest BCUT2D eigenvalue weighted by Gasteiger charge is -2.20. The molecule has 1 aliphatic heterocycles. The van der Waals surface area contributed by atoms with Crippen LogP contribution < -0.4 is 0 Å². The zero-order chi connectivity index (χ0) is 13.6. The van der Waals surface area contributed by atoms with Crippen LogP contribution in [0.5, 0.6) is 0 Å². The standard InChI is InChI=1S/C15H17NO3/c1-15(2)8-11(15)13(17)16-12(9-19-14(16)18)10-6-4-3-5-7-10/h3-7,11-12H,8-9H2,1-2H3/t11-,12-/m1/s1. The van der Waals surface area contributed by atoms with Crippen molar-refractivity contribution < 1.29 is 14.3 Å². The summed E-state index contributed by atoms with van der Waals surface area (Å²) in [6, 6.07) is 9.29. The molecule has 0 spiro atoms. The Balaban J connectivity index is 1.86. The van der Waals surface area contributed by atoms with Gasteiger partial charge >= 0.3 is 6.09 Å². The molecule has 2 fully saturated rings. The Labute approximate surface area is 112 Å². The zero-order valence-corrected chi connectivity index (χ0v) is 11.1. The number of carbonyl (C=O) groups is 2. The molecule has 0 N–H and O–H groups in total. The minimum Gasteiger partial charge on any atom is -0.446 e. The van der Waals surface area contributed by atoms with Crippen molar-refractivity contribution >= 4 is 12.0 Å². The molecule has 3 rings (SSSR count). The van der Waals surface area contributed by atoms with Crippen LogP contribution in [0.4, 0.5) is 4.79 Å². The van der Waals surface area contributed by atoms with Crippen molar-refractivity contribution in [3.05, 3.63) is 35.9 Å². The average Bonchev–Trinajstić information content (AvgIpc) is 2.86. The second-order valence-corrected chi connectivity index (χ2v) is 5.96. The first-order valence-electron chi connectivity index (χ1n) is 6.55. The molecule has 0 unspecified atom stereocenters. The fourth-order valence-electron chi connectivity index (χ4n) is 2.64. The second kappa shape index (κ2) is 4.08. The maximum absolute atomic E-state index is 12.4. The van der Waals surface area contributed by atoms with Crippen LogP contribution in [-0.4, -0.2) is 23.5 Å². The van der Waals surface area contributed by atoms with Crippen LogP contribution in [0.3, 0.4) is 0 Å². The molecule has 100 valence electrons. The molecule has 2 atom stereocenters. The second-order valence-electron chi connectivity index (χ2n) is 5.96.